The highest BCUT2D eigenvalue weighted by atomic mass is 15.2. The Hall–Kier alpha value is -6.82. The number of anilines is 4. The predicted molar refractivity (Wildman–Crippen MR) is 199 cm³/mol. The van der Waals surface area contributed by atoms with Crippen LogP contribution >= 0.6 is 0 Å². The number of rotatable bonds is 8. The molecular formula is C38H36N12. The second-order valence-corrected chi connectivity index (χ2v) is 11.8. The molecule has 12 nitrogen and oxygen atoms in total. The standard InChI is InChI=1S/2C19H18N6/c1-13(14-5-3-2-4-6-14)23-19-21-10-9-18(24-19)25-12-22-16-11-15(20)7-8-17(16)25;1-13(14-5-3-2-4-6-14)23-19-21-10-9-18(24-19)25-12-22-16-8-7-15(20)11-17(16)25/h2*2-13H,20H2,1H3,(H,21,23,24)/t2*13-/m00/s1. The zero-order chi connectivity index (χ0) is 34.5. The fraction of sp³-hybridized carbons (Fsp3) is 0.105. The zero-order valence-electron chi connectivity index (χ0n) is 27.6. The van der Waals surface area contributed by atoms with Crippen molar-refractivity contribution < 1.29 is 0 Å². The number of nitrogens with zero attached hydrogens (tertiary/aromatic N) is 8. The van der Waals surface area contributed by atoms with Crippen LogP contribution in [0.25, 0.3) is 33.7 Å². The van der Waals surface area contributed by atoms with E-state index in [1.54, 1.807) is 25.0 Å². The summed E-state index contributed by atoms with van der Waals surface area (Å²) in [6, 6.07) is 35.6. The number of nitrogens with two attached hydrogens (primary N) is 2. The quantitative estimate of drug-likeness (QED) is 0.123. The molecular weight excluding hydrogens is 625 g/mol. The fourth-order valence-corrected chi connectivity index (χ4v) is 5.56. The number of imidazole rings is 2. The van der Waals surface area contributed by atoms with Gasteiger partial charge in [-0.25, -0.2) is 19.9 Å². The minimum absolute atomic E-state index is 0.103. The van der Waals surface area contributed by atoms with E-state index >= 15 is 0 Å². The summed E-state index contributed by atoms with van der Waals surface area (Å²) in [4.78, 5) is 26.7. The maximum atomic E-state index is 5.90. The molecule has 6 N–H and O–H groups in total. The third-order valence-electron chi connectivity index (χ3n) is 8.21. The van der Waals surface area contributed by atoms with Crippen LogP contribution in [0.1, 0.15) is 37.1 Å². The normalized spacial score (nSPS) is 12.2. The van der Waals surface area contributed by atoms with Crippen molar-refractivity contribution in [3.05, 3.63) is 145 Å². The highest BCUT2D eigenvalue weighted by Gasteiger charge is 2.12. The van der Waals surface area contributed by atoms with E-state index in [-0.39, 0.29) is 12.1 Å². The van der Waals surface area contributed by atoms with Crippen LogP contribution in [0.5, 0.6) is 0 Å². The van der Waals surface area contributed by atoms with Crippen molar-refractivity contribution in [1.29, 1.82) is 0 Å². The summed E-state index contributed by atoms with van der Waals surface area (Å²) in [5, 5.41) is 6.68. The summed E-state index contributed by atoms with van der Waals surface area (Å²) in [5.41, 5.74) is 19.1. The number of aromatic nitrogens is 8. The fourth-order valence-electron chi connectivity index (χ4n) is 5.56. The van der Waals surface area contributed by atoms with Gasteiger partial charge < -0.3 is 22.1 Å². The molecule has 0 aliphatic rings. The van der Waals surface area contributed by atoms with Gasteiger partial charge in [-0.1, -0.05) is 60.7 Å². The highest BCUT2D eigenvalue weighted by molar-refractivity contribution is 5.81. The van der Waals surface area contributed by atoms with Crippen LogP contribution < -0.4 is 22.1 Å². The van der Waals surface area contributed by atoms with Gasteiger partial charge in [-0.2, -0.15) is 9.97 Å². The summed E-state index contributed by atoms with van der Waals surface area (Å²) in [6.45, 7) is 4.17. The number of hydrogen-bond donors (Lipinski definition) is 4. The molecule has 8 aromatic rings. The molecule has 0 amide bonds. The van der Waals surface area contributed by atoms with Gasteiger partial charge in [-0.15, -0.1) is 0 Å². The Balaban J connectivity index is 0.000000157. The number of nitrogen functional groups attached to an aromatic ring is 2. The molecule has 0 unspecified atom stereocenters. The van der Waals surface area contributed by atoms with Gasteiger partial charge in [0, 0.05) is 23.8 Å². The van der Waals surface area contributed by atoms with E-state index in [0.29, 0.717) is 23.3 Å². The van der Waals surface area contributed by atoms with Crippen LogP contribution in [0.2, 0.25) is 0 Å². The average Bonchev–Trinajstić information content (AvgIpc) is 3.77. The van der Waals surface area contributed by atoms with Crippen molar-refractivity contribution in [2.24, 2.45) is 0 Å². The Labute approximate surface area is 288 Å². The van der Waals surface area contributed by atoms with Gasteiger partial charge in [-0.05, 0) is 73.5 Å². The Bertz CT molecular complexity index is 2350. The Morgan fingerprint density at radius 3 is 1.60 bits per heavy atom. The molecule has 50 heavy (non-hydrogen) atoms. The molecule has 8 rings (SSSR count). The first-order valence-electron chi connectivity index (χ1n) is 16.2. The van der Waals surface area contributed by atoms with Gasteiger partial charge in [0.1, 0.15) is 24.3 Å². The second kappa shape index (κ2) is 14.1. The lowest BCUT2D eigenvalue weighted by molar-refractivity contribution is 0.854. The van der Waals surface area contributed by atoms with E-state index in [1.165, 1.54) is 11.1 Å². The Morgan fingerprint density at radius 2 is 1.02 bits per heavy atom. The van der Waals surface area contributed by atoms with E-state index in [4.69, 9.17) is 11.5 Å². The molecule has 12 heteroatoms. The van der Waals surface area contributed by atoms with Crippen molar-refractivity contribution in [1.82, 2.24) is 39.0 Å². The van der Waals surface area contributed by atoms with Crippen molar-refractivity contribution in [3.8, 4) is 11.6 Å². The maximum Gasteiger partial charge on any atom is 0.225 e. The molecule has 0 fully saturated rings. The lowest BCUT2D eigenvalue weighted by Gasteiger charge is -2.14. The first-order chi connectivity index (χ1) is 24.4. The monoisotopic (exact) mass is 660 g/mol. The Morgan fingerprint density at radius 1 is 0.520 bits per heavy atom. The lowest BCUT2D eigenvalue weighted by Crippen LogP contribution is -2.10. The predicted octanol–water partition coefficient (Wildman–Crippen LogP) is 7.14. The topological polar surface area (TPSA) is 163 Å². The van der Waals surface area contributed by atoms with Crippen LogP contribution in [-0.4, -0.2) is 39.0 Å². The van der Waals surface area contributed by atoms with Crippen LogP contribution in [0, 0.1) is 0 Å². The summed E-state index contributed by atoms with van der Waals surface area (Å²) in [7, 11) is 0. The molecule has 0 bridgehead atoms. The minimum atomic E-state index is 0.103. The number of nitrogens with one attached hydrogen (secondary N) is 2. The molecule has 248 valence electrons. The molecule has 0 saturated carbocycles. The zero-order valence-corrected chi connectivity index (χ0v) is 27.6. The van der Waals surface area contributed by atoms with Crippen molar-refractivity contribution in [2.45, 2.75) is 25.9 Å². The average molecular weight is 661 g/mol. The molecule has 0 radical (unpaired) electrons. The van der Waals surface area contributed by atoms with Crippen LogP contribution in [0.4, 0.5) is 23.3 Å². The number of fused-ring (bicyclic) bond motifs is 2. The lowest BCUT2D eigenvalue weighted by atomic mass is 10.1. The van der Waals surface area contributed by atoms with E-state index in [9.17, 15) is 0 Å². The van der Waals surface area contributed by atoms with Gasteiger partial charge in [0.25, 0.3) is 0 Å². The third kappa shape index (κ3) is 7.04. The van der Waals surface area contributed by atoms with Crippen molar-refractivity contribution in [2.75, 3.05) is 22.1 Å². The minimum Gasteiger partial charge on any atom is -0.399 e. The molecule has 4 aromatic carbocycles. The van der Waals surface area contributed by atoms with E-state index in [0.717, 1.165) is 33.7 Å². The van der Waals surface area contributed by atoms with Gasteiger partial charge in [0.05, 0.1) is 34.2 Å². The molecule has 4 aromatic heterocycles. The molecule has 2 atom stereocenters. The first-order valence-corrected chi connectivity index (χ1v) is 16.2. The van der Waals surface area contributed by atoms with Gasteiger partial charge in [0.2, 0.25) is 11.9 Å². The summed E-state index contributed by atoms with van der Waals surface area (Å²) in [6.07, 6.45) is 6.97. The van der Waals surface area contributed by atoms with Gasteiger partial charge in [0.15, 0.2) is 0 Å². The molecule has 4 heterocycles. The molecule has 0 spiro atoms. The highest BCUT2D eigenvalue weighted by Crippen LogP contribution is 2.23. The van der Waals surface area contributed by atoms with Crippen molar-refractivity contribution in [3.63, 3.8) is 0 Å². The number of hydrogen-bond acceptors (Lipinski definition) is 10. The van der Waals surface area contributed by atoms with E-state index < -0.39 is 0 Å². The second-order valence-electron chi connectivity index (χ2n) is 11.8. The SMILES string of the molecule is C[C@H](Nc1nccc(-n2cnc3cc(N)ccc32)n1)c1ccccc1.C[C@H](Nc1nccc(-n2cnc3ccc(N)cc32)n1)c1ccccc1. The maximum absolute atomic E-state index is 5.90. The Kier molecular flexibility index (Phi) is 8.97. The van der Waals surface area contributed by atoms with E-state index in [1.807, 2.05) is 94.1 Å². The first kappa shape index (κ1) is 31.8. The van der Waals surface area contributed by atoms with Gasteiger partial charge in [-0.3, -0.25) is 9.13 Å². The smallest absolute Gasteiger partial charge is 0.225 e. The van der Waals surface area contributed by atoms with E-state index in [2.05, 4.69) is 78.7 Å². The largest absolute Gasteiger partial charge is 0.399 e. The third-order valence-corrected chi connectivity index (χ3v) is 8.21. The molecule has 0 saturated heterocycles. The molecule has 0 aliphatic carbocycles. The van der Waals surface area contributed by atoms with Crippen LogP contribution in [-0.2, 0) is 0 Å². The van der Waals surface area contributed by atoms with Gasteiger partial charge >= 0.3 is 0 Å². The van der Waals surface area contributed by atoms with Crippen molar-refractivity contribution >= 4 is 45.3 Å². The molecule has 0 aliphatic heterocycles. The van der Waals surface area contributed by atoms with Crippen LogP contribution in [0.3, 0.4) is 0 Å². The number of benzene rings is 4. The summed E-state index contributed by atoms with van der Waals surface area (Å²) < 4.78 is 3.83. The summed E-state index contributed by atoms with van der Waals surface area (Å²) >= 11 is 0. The summed E-state index contributed by atoms with van der Waals surface area (Å²) in [5.74, 6) is 2.64. The van der Waals surface area contributed by atoms with Crippen LogP contribution in [0.15, 0.2) is 134 Å².